The van der Waals surface area contributed by atoms with Crippen LogP contribution < -0.4 is 5.32 Å². The van der Waals surface area contributed by atoms with Gasteiger partial charge >= 0.3 is 0 Å². The van der Waals surface area contributed by atoms with E-state index in [9.17, 15) is 0 Å². The maximum Gasteiger partial charge on any atom is 0.224 e. The molecule has 0 bridgehead atoms. The van der Waals surface area contributed by atoms with Crippen molar-refractivity contribution >= 4 is 22.6 Å². The highest BCUT2D eigenvalue weighted by Crippen LogP contribution is 2.34. The molecule has 5 rings (SSSR count). The Morgan fingerprint density at radius 2 is 2.16 bits per heavy atom. The molecule has 1 atom stereocenters. The highest BCUT2D eigenvalue weighted by atomic mass is 15.2. The van der Waals surface area contributed by atoms with Crippen LogP contribution in [0.25, 0.3) is 27.9 Å². The monoisotopic (exact) mass is 333 g/mol. The Bertz CT molecular complexity index is 1070. The first-order valence-corrected chi connectivity index (χ1v) is 8.61. The molecule has 0 saturated heterocycles. The van der Waals surface area contributed by atoms with Crippen LogP contribution in [0.1, 0.15) is 25.5 Å². The number of nitrogens with one attached hydrogen (secondary N) is 2. The highest BCUT2D eigenvalue weighted by molar-refractivity contribution is 5.92. The number of hydrogen-bond donors (Lipinski definition) is 2. The summed E-state index contributed by atoms with van der Waals surface area (Å²) in [5.41, 5.74) is 4.47. The van der Waals surface area contributed by atoms with Crippen molar-refractivity contribution in [2.75, 3.05) is 5.32 Å². The summed E-state index contributed by atoms with van der Waals surface area (Å²) >= 11 is 0. The normalized spacial score (nSPS) is 15.8. The van der Waals surface area contributed by atoms with Crippen molar-refractivity contribution in [3.8, 4) is 11.3 Å². The van der Waals surface area contributed by atoms with E-state index in [0.717, 1.165) is 39.5 Å². The number of anilines is 1. The van der Waals surface area contributed by atoms with Crippen LogP contribution in [-0.2, 0) is 0 Å². The van der Waals surface area contributed by atoms with Gasteiger partial charge in [-0.3, -0.25) is 0 Å². The van der Waals surface area contributed by atoms with Crippen LogP contribution in [0.2, 0.25) is 0 Å². The molecule has 126 valence electrons. The fourth-order valence-corrected chi connectivity index (χ4v) is 3.25. The molecule has 0 aromatic carbocycles. The van der Waals surface area contributed by atoms with Crippen molar-refractivity contribution in [3.63, 3.8) is 0 Å². The topological polar surface area (TPSA) is 83.8 Å². The number of fused-ring (bicyclic) bond motifs is 2. The van der Waals surface area contributed by atoms with Gasteiger partial charge in [0.15, 0.2) is 5.65 Å². The Morgan fingerprint density at radius 1 is 1.28 bits per heavy atom. The first-order chi connectivity index (χ1) is 12.2. The summed E-state index contributed by atoms with van der Waals surface area (Å²) in [7, 11) is 0. The van der Waals surface area contributed by atoms with Crippen LogP contribution >= 0.6 is 0 Å². The lowest BCUT2D eigenvalue weighted by Gasteiger charge is -2.12. The van der Waals surface area contributed by atoms with Crippen LogP contribution in [-0.4, -0.2) is 35.6 Å². The summed E-state index contributed by atoms with van der Waals surface area (Å²) in [5, 5.41) is 9.02. The molecular formula is C18H19N7. The second kappa shape index (κ2) is 5.27. The summed E-state index contributed by atoms with van der Waals surface area (Å²) in [6.45, 7) is 4.16. The average Bonchev–Trinajstić information content (AvgIpc) is 3.27. The number of nitrogens with zero attached hydrogens (tertiary/aromatic N) is 5. The lowest BCUT2D eigenvalue weighted by atomic mass is 10.2. The average molecular weight is 333 g/mol. The molecule has 4 heterocycles. The van der Waals surface area contributed by atoms with Gasteiger partial charge in [-0.25, -0.2) is 14.5 Å². The Balaban J connectivity index is 1.52. The van der Waals surface area contributed by atoms with E-state index in [1.54, 1.807) is 4.52 Å². The first-order valence-electron chi connectivity index (χ1n) is 8.61. The number of imidazole rings is 1. The molecule has 4 aromatic heterocycles. The van der Waals surface area contributed by atoms with Crippen molar-refractivity contribution in [2.24, 2.45) is 5.92 Å². The summed E-state index contributed by atoms with van der Waals surface area (Å²) in [5.74, 6) is 1.43. The van der Waals surface area contributed by atoms with Gasteiger partial charge in [0.05, 0.1) is 17.6 Å². The molecule has 25 heavy (non-hydrogen) atoms. The lowest BCUT2D eigenvalue weighted by molar-refractivity contribution is 0.687. The smallest absolute Gasteiger partial charge is 0.224 e. The SMILES string of the molecule is Cc1cn2nc(-c3c[nH]c4nc(NC(C)C5CC5)ncc34)ccc2n1. The molecule has 0 aliphatic heterocycles. The standard InChI is InChI=1S/C18H19N7/c1-10-9-25-16(21-10)6-5-15(24-25)13-7-19-17-14(13)8-20-18(23-17)22-11(2)12-3-4-12/h5-9,11-12H,3-4H2,1-2H3,(H2,19,20,22,23). The molecule has 1 fully saturated rings. The number of H-pyrrole nitrogens is 1. The second-order valence-electron chi connectivity index (χ2n) is 6.83. The number of aromatic nitrogens is 6. The molecule has 4 aromatic rings. The van der Waals surface area contributed by atoms with Crippen LogP contribution in [0.4, 0.5) is 5.95 Å². The Hall–Kier alpha value is -2.96. The molecule has 1 aliphatic rings. The van der Waals surface area contributed by atoms with E-state index in [1.807, 2.05) is 37.6 Å². The van der Waals surface area contributed by atoms with Gasteiger partial charge in [-0.1, -0.05) is 0 Å². The highest BCUT2D eigenvalue weighted by Gasteiger charge is 2.28. The summed E-state index contributed by atoms with van der Waals surface area (Å²) in [6, 6.07) is 4.37. The van der Waals surface area contributed by atoms with Crippen LogP contribution in [0.3, 0.4) is 0 Å². The fraction of sp³-hybridized carbons (Fsp3) is 0.333. The largest absolute Gasteiger partial charge is 0.351 e. The minimum Gasteiger partial charge on any atom is -0.351 e. The zero-order valence-electron chi connectivity index (χ0n) is 14.2. The van der Waals surface area contributed by atoms with E-state index in [-0.39, 0.29) is 0 Å². The quantitative estimate of drug-likeness (QED) is 0.599. The molecule has 7 heteroatoms. The number of aromatic amines is 1. The van der Waals surface area contributed by atoms with Gasteiger partial charge < -0.3 is 10.3 Å². The fourth-order valence-electron chi connectivity index (χ4n) is 3.25. The molecule has 1 unspecified atom stereocenters. The third-order valence-corrected chi connectivity index (χ3v) is 4.83. The minimum atomic E-state index is 0.417. The summed E-state index contributed by atoms with van der Waals surface area (Å²) < 4.78 is 1.80. The Kier molecular flexibility index (Phi) is 3.03. The predicted octanol–water partition coefficient (Wildman–Crippen LogP) is 3.19. The number of aryl methyl sites for hydroxylation is 1. The van der Waals surface area contributed by atoms with Crippen LogP contribution in [0.5, 0.6) is 0 Å². The van der Waals surface area contributed by atoms with Crippen molar-refractivity contribution in [1.82, 2.24) is 29.5 Å². The van der Waals surface area contributed by atoms with E-state index in [2.05, 4.69) is 37.3 Å². The molecule has 7 nitrogen and oxygen atoms in total. The number of rotatable bonds is 4. The second-order valence-corrected chi connectivity index (χ2v) is 6.83. The molecule has 2 N–H and O–H groups in total. The summed E-state index contributed by atoms with van der Waals surface area (Å²) in [4.78, 5) is 16.8. The third-order valence-electron chi connectivity index (χ3n) is 4.83. The van der Waals surface area contributed by atoms with Gasteiger partial charge in [-0.2, -0.15) is 10.1 Å². The van der Waals surface area contributed by atoms with E-state index >= 15 is 0 Å². The molecular weight excluding hydrogens is 314 g/mol. The maximum atomic E-state index is 4.65. The molecule has 1 aliphatic carbocycles. The van der Waals surface area contributed by atoms with Crippen molar-refractivity contribution in [2.45, 2.75) is 32.7 Å². The minimum absolute atomic E-state index is 0.417. The van der Waals surface area contributed by atoms with Crippen molar-refractivity contribution in [3.05, 3.63) is 36.4 Å². The van der Waals surface area contributed by atoms with Gasteiger partial charge in [0.2, 0.25) is 5.95 Å². The van der Waals surface area contributed by atoms with E-state index < -0.39 is 0 Å². The van der Waals surface area contributed by atoms with Gasteiger partial charge in [0.1, 0.15) is 5.65 Å². The molecule has 0 spiro atoms. The van der Waals surface area contributed by atoms with E-state index in [4.69, 9.17) is 0 Å². The number of hydrogen-bond acceptors (Lipinski definition) is 5. The van der Waals surface area contributed by atoms with E-state index in [0.29, 0.717) is 12.0 Å². The predicted molar refractivity (Wildman–Crippen MR) is 96.4 cm³/mol. The molecule has 1 saturated carbocycles. The lowest BCUT2D eigenvalue weighted by Crippen LogP contribution is -2.18. The van der Waals surface area contributed by atoms with Gasteiger partial charge in [-0.15, -0.1) is 0 Å². The molecule has 0 radical (unpaired) electrons. The zero-order valence-corrected chi connectivity index (χ0v) is 14.2. The summed E-state index contributed by atoms with van der Waals surface area (Å²) in [6.07, 6.45) is 8.31. The Morgan fingerprint density at radius 3 is 3.00 bits per heavy atom. The van der Waals surface area contributed by atoms with Crippen LogP contribution in [0.15, 0.2) is 30.7 Å². The van der Waals surface area contributed by atoms with Gasteiger partial charge in [0.25, 0.3) is 0 Å². The van der Waals surface area contributed by atoms with Crippen LogP contribution in [0, 0.1) is 12.8 Å². The van der Waals surface area contributed by atoms with Crippen molar-refractivity contribution < 1.29 is 0 Å². The first kappa shape index (κ1) is 14.4. The van der Waals surface area contributed by atoms with Gasteiger partial charge in [0, 0.05) is 29.4 Å². The maximum absolute atomic E-state index is 4.65. The third kappa shape index (κ3) is 2.52. The van der Waals surface area contributed by atoms with E-state index in [1.165, 1.54) is 12.8 Å². The molecule has 0 amide bonds. The Labute approximate surface area is 144 Å². The van der Waals surface area contributed by atoms with Crippen molar-refractivity contribution in [1.29, 1.82) is 0 Å². The zero-order chi connectivity index (χ0) is 17.0. The van der Waals surface area contributed by atoms with Gasteiger partial charge in [-0.05, 0) is 44.7 Å².